The lowest BCUT2D eigenvalue weighted by atomic mass is 10.0. The summed E-state index contributed by atoms with van der Waals surface area (Å²) in [5.74, 6) is 0.0821. The molecule has 1 aromatic carbocycles. The summed E-state index contributed by atoms with van der Waals surface area (Å²) in [5.41, 5.74) is 0.479. The number of carboxylic acid groups (broad SMARTS) is 1. The highest BCUT2D eigenvalue weighted by Gasteiger charge is 2.28. The van der Waals surface area contributed by atoms with Crippen molar-refractivity contribution in [3.63, 3.8) is 0 Å². The number of hydrogen-bond acceptors (Lipinski definition) is 5. The Morgan fingerprint density at radius 3 is 2.50 bits per heavy atom. The monoisotopic (exact) mass is 391 g/mol. The number of rotatable bonds is 8. The number of carboxylic acids is 1. The van der Waals surface area contributed by atoms with Crippen LogP contribution in [0.15, 0.2) is 18.2 Å². The molecule has 0 spiro atoms. The van der Waals surface area contributed by atoms with Gasteiger partial charge in [0.15, 0.2) is 11.5 Å². The summed E-state index contributed by atoms with van der Waals surface area (Å²) in [6.07, 6.45) is 5.97. The summed E-state index contributed by atoms with van der Waals surface area (Å²) in [6.45, 7) is 1.35. The minimum Gasteiger partial charge on any atom is -0.493 e. The van der Waals surface area contributed by atoms with Gasteiger partial charge in [0.2, 0.25) is 0 Å². The summed E-state index contributed by atoms with van der Waals surface area (Å²) < 4.78 is 16.9. The molecule has 1 N–H and O–H groups in total. The summed E-state index contributed by atoms with van der Waals surface area (Å²) in [7, 11) is 1.56. The molecule has 7 heteroatoms. The molecular weight excluding hydrogens is 362 g/mol. The van der Waals surface area contributed by atoms with E-state index < -0.39 is 5.97 Å². The van der Waals surface area contributed by atoms with E-state index in [2.05, 4.69) is 0 Å². The normalized spacial score (nSPS) is 18.0. The van der Waals surface area contributed by atoms with Crippen LogP contribution in [0.3, 0.4) is 0 Å². The van der Waals surface area contributed by atoms with Crippen molar-refractivity contribution in [1.82, 2.24) is 4.90 Å². The zero-order chi connectivity index (χ0) is 19.9. The van der Waals surface area contributed by atoms with Crippen molar-refractivity contribution in [2.75, 3.05) is 26.9 Å². The lowest BCUT2D eigenvalue weighted by molar-refractivity contribution is -0.137. The van der Waals surface area contributed by atoms with Gasteiger partial charge in [-0.1, -0.05) is 0 Å². The van der Waals surface area contributed by atoms with Crippen LogP contribution in [0.2, 0.25) is 0 Å². The first-order chi connectivity index (χ1) is 13.6. The standard InChI is InChI=1S/C21H29NO6/c1-26-19-14-15(6-7-18(19)28-17-4-2-3-5-17)21(25)22(11-8-20(23)24)16-9-12-27-13-10-16/h6-7,14,16-17H,2-5,8-13H2,1H3,(H,23,24). The van der Waals surface area contributed by atoms with Crippen molar-refractivity contribution in [2.45, 2.75) is 57.1 Å². The van der Waals surface area contributed by atoms with Gasteiger partial charge >= 0.3 is 5.97 Å². The third-order valence-corrected chi connectivity index (χ3v) is 5.47. The first-order valence-electron chi connectivity index (χ1n) is 10.0. The van der Waals surface area contributed by atoms with Crippen LogP contribution in [0.25, 0.3) is 0 Å². The summed E-state index contributed by atoms with van der Waals surface area (Å²) in [4.78, 5) is 25.9. The maximum absolute atomic E-state index is 13.2. The van der Waals surface area contributed by atoms with Crippen molar-refractivity contribution < 1.29 is 28.9 Å². The lowest BCUT2D eigenvalue weighted by Crippen LogP contribution is -2.44. The topological polar surface area (TPSA) is 85.3 Å². The molecule has 2 fully saturated rings. The van der Waals surface area contributed by atoms with Crippen molar-refractivity contribution in [3.8, 4) is 11.5 Å². The number of amides is 1. The molecule has 3 rings (SSSR count). The Morgan fingerprint density at radius 1 is 1.14 bits per heavy atom. The average Bonchev–Trinajstić information content (AvgIpc) is 3.22. The molecule has 0 atom stereocenters. The van der Waals surface area contributed by atoms with Crippen LogP contribution >= 0.6 is 0 Å². The first-order valence-corrected chi connectivity index (χ1v) is 10.0. The SMILES string of the molecule is COc1cc(C(=O)N(CCC(=O)O)C2CCOCC2)ccc1OC1CCCC1. The fraction of sp³-hybridized carbons (Fsp3) is 0.619. The number of nitrogens with zero attached hydrogens (tertiary/aromatic N) is 1. The van der Waals surface area contributed by atoms with Gasteiger partial charge in [0.25, 0.3) is 5.91 Å². The highest BCUT2D eigenvalue weighted by atomic mass is 16.5. The number of benzene rings is 1. The minimum atomic E-state index is -0.914. The largest absolute Gasteiger partial charge is 0.493 e. The van der Waals surface area contributed by atoms with Crippen LogP contribution in [0.4, 0.5) is 0 Å². The molecule has 1 heterocycles. The molecule has 1 aliphatic carbocycles. The van der Waals surface area contributed by atoms with Crippen LogP contribution in [-0.4, -0.2) is 60.9 Å². The predicted octanol–water partition coefficient (Wildman–Crippen LogP) is 3.11. The molecule has 1 aliphatic heterocycles. The van der Waals surface area contributed by atoms with Gasteiger partial charge in [-0.25, -0.2) is 0 Å². The number of carbonyl (C=O) groups excluding carboxylic acids is 1. The van der Waals surface area contributed by atoms with E-state index in [4.69, 9.17) is 19.3 Å². The fourth-order valence-corrected chi connectivity index (χ4v) is 3.91. The second-order valence-electron chi connectivity index (χ2n) is 7.38. The van der Waals surface area contributed by atoms with Gasteiger partial charge in [0.1, 0.15) is 0 Å². The van der Waals surface area contributed by atoms with Crippen LogP contribution in [0.1, 0.15) is 55.3 Å². The van der Waals surface area contributed by atoms with Crippen LogP contribution in [-0.2, 0) is 9.53 Å². The Labute approximate surface area is 165 Å². The first kappa shape index (κ1) is 20.5. The molecule has 0 aromatic heterocycles. The summed E-state index contributed by atoms with van der Waals surface area (Å²) in [6, 6.07) is 5.20. The van der Waals surface area contributed by atoms with E-state index in [9.17, 15) is 9.59 Å². The van der Waals surface area contributed by atoms with Crippen molar-refractivity contribution in [3.05, 3.63) is 23.8 Å². The third-order valence-electron chi connectivity index (χ3n) is 5.47. The smallest absolute Gasteiger partial charge is 0.305 e. The van der Waals surface area contributed by atoms with Gasteiger partial charge in [-0.15, -0.1) is 0 Å². The maximum atomic E-state index is 13.2. The summed E-state index contributed by atoms with van der Waals surface area (Å²) in [5, 5.41) is 9.07. The number of aliphatic carboxylic acids is 1. The van der Waals surface area contributed by atoms with Gasteiger partial charge in [-0.05, 0) is 56.7 Å². The van der Waals surface area contributed by atoms with E-state index in [-0.39, 0.29) is 31.0 Å². The van der Waals surface area contributed by atoms with Crippen LogP contribution < -0.4 is 9.47 Å². The summed E-state index contributed by atoms with van der Waals surface area (Å²) >= 11 is 0. The molecule has 2 aliphatic rings. The molecule has 28 heavy (non-hydrogen) atoms. The molecule has 1 aromatic rings. The molecule has 1 saturated heterocycles. The molecule has 154 valence electrons. The van der Waals surface area contributed by atoms with Gasteiger partial charge in [-0.2, -0.15) is 0 Å². The van der Waals surface area contributed by atoms with Crippen LogP contribution in [0.5, 0.6) is 11.5 Å². The van der Waals surface area contributed by atoms with Crippen molar-refractivity contribution in [1.29, 1.82) is 0 Å². The number of carbonyl (C=O) groups is 2. The molecule has 0 radical (unpaired) electrons. The average molecular weight is 391 g/mol. The molecule has 7 nitrogen and oxygen atoms in total. The quantitative estimate of drug-likeness (QED) is 0.733. The van der Waals surface area contributed by atoms with E-state index >= 15 is 0 Å². The fourth-order valence-electron chi connectivity index (χ4n) is 3.91. The molecule has 0 unspecified atom stereocenters. The molecule has 1 amide bonds. The molecular formula is C21H29NO6. The Bertz CT molecular complexity index is 679. The van der Waals surface area contributed by atoms with Crippen molar-refractivity contribution >= 4 is 11.9 Å². The number of methoxy groups -OCH3 is 1. The maximum Gasteiger partial charge on any atom is 0.305 e. The van der Waals surface area contributed by atoms with E-state index in [1.54, 1.807) is 30.2 Å². The van der Waals surface area contributed by atoms with Gasteiger partial charge in [-0.3, -0.25) is 9.59 Å². The molecule has 1 saturated carbocycles. The van der Waals surface area contributed by atoms with Gasteiger partial charge in [0.05, 0.1) is 19.6 Å². The zero-order valence-electron chi connectivity index (χ0n) is 16.4. The number of ether oxygens (including phenoxy) is 3. The van der Waals surface area contributed by atoms with E-state index in [0.29, 0.717) is 43.1 Å². The second kappa shape index (κ2) is 9.78. The Kier molecular flexibility index (Phi) is 7.14. The highest BCUT2D eigenvalue weighted by Crippen LogP contribution is 2.33. The molecule has 0 bridgehead atoms. The van der Waals surface area contributed by atoms with E-state index in [0.717, 1.165) is 12.8 Å². The van der Waals surface area contributed by atoms with E-state index in [1.807, 2.05) is 0 Å². The number of hydrogen-bond donors (Lipinski definition) is 1. The minimum absolute atomic E-state index is 0.0130. The highest BCUT2D eigenvalue weighted by molar-refractivity contribution is 5.95. The van der Waals surface area contributed by atoms with Crippen LogP contribution in [0, 0.1) is 0 Å². The van der Waals surface area contributed by atoms with Gasteiger partial charge in [0, 0.05) is 31.4 Å². The Hall–Kier alpha value is -2.28. The zero-order valence-corrected chi connectivity index (χ0v) is 16.4. The lowest BCUT2D eigenvalue weighted by Gasteiger charge is -2.34. The Balaban J connectivity index is 1.77. The third kappa shape index (κ3) is 5.16. The Morgan fingerprint density at radius 2 is 1.86 bits per heavy atom. The predicted molar refractivity (Wildman–Crippen MR) is 103 cm³/mol. The van der Waals surface area contributed by atoms with Gasteiger partial charge < -0.3 is 24.2 Å². The van der Waals surface area contributed by atoms with Crippen molar-refractivity contribution in [2.24, 2.45) is 0 Å². The second-order valence-corrected chi connectivity index (χ2v) is 7.38. The van der Waals surface area contributed by atoms with E-state index in [1.165, 1.54) is 12.8 Å².